The minimum absolute atomic E-state index is 0.290. The van der Waals surface area contributed by atoms with Crippen LogP contribution in [0, 0.1) is 5.82 Å². The van der Waals surface area contributed by atoms with Gasteiger partial charge in [0, 0.05) is 33.4 Å². The summed E-state index contributed by atoms with van der Waals surface area (Å²) < 4.78 is 19.4. The Bertz CT molecular complexity index is 3670. The molecule has 0 aliphatic rings. The fourth-order valence-corrected chi connectivity index (χ4v) is 9.66. The Kier molecular flexibility index (Phi) is 8.72. The maximum Gasteiger partial charge on any atom is 0.148 e. The molecule has 63 heavy (non-hydrogen) atoms. The number of rotatable bonds is 8. The van der Waals surface area contributed by atoms with Gasteiger partial charge in [-0.1, -0.05) is 170 Å². The molecule has 0 bridgehead atoms. The predicted molar refractivity (Wildman–Crippen MR) is 265 cm³/mol. The minimum Gasteiger partial charge on any atom is -0.309 e. The fraction of sp³-hybridized carbons (Fsp3) is 0. The third kappa shape index (κ3) is 6.25. The van der Waals surface area contributed by atoms with Crippen LogP contribution in [-0.2, 0) is 0 Å². The summed E-state index contributed by atoms with van der Waals surface area (Å²) in [5, 5.41) is 9.67. The number of hydrogen-bond donors (Lipinski definition) is 0. The van der Waals surface area contributed by atoms with Crippen LogP contribution in [0.5, 0.6) is 0 Å². The molecule has 0 fully saturated rings. The van der Waals surface area contributed by atoms with Crippen LogP contribution in [0.15, 0.2) is 224 Å². The van der Waals surface area contributed by atoms with Crippen LogP contribution < -0.4 is 4.90 Å². The van der Waals surface area contributed by atoms with E-state index in [0.29, 0.717) is 5.69 Å². The van der Waals surface area contributed by atoms with Gasteiger partial charge in [-0.25, -0.2) is 4.39 Å². The van der Waals surface area contributed by atoms with Crippen LogP contribution >= 0.6 is 0 Å². The first-order chi connectivity index (χ1) is 31.2. The largest absolute Gasteiger partial charge is 0.309 e. The molecule has 0 N–H and O–H groups in total. The highest BCUT2D eigenvalue weighted by atomic mass is 19.1. The Morgan fingerprint density at radius 3 is 1.79 bits per heavy atom. The van der Waals surface area contributed by atoms with Crippen molar-refractivity contribution < 1.29 is 4.39 Å². The summed E-state index contributed by atoms with van der Waals surface area (Å²) in [4.78, 5) is 2.06. The van der Waals surface area contributed by atoms with Crippen LogP contribution in [0.25, 0.3) is 94.2 Å². The molecule has 296 valence electrons. The van der Waals surface area contributed by atoms with Crippen molar-refractivity contribution in [2.75, 3.05) is 4.90 Å². The molecule has 0 unspecified atom stereocenters. The molecule has 11 aromatic carbocycles. The standard InChI is InChI=1S/C60H39FN2/c61-55-39-47(41-14-5-1-6-15-41)38-54(42-16-7-2-8-17-42)60(55)62(48-19-9-3-10-20-48)50-31-34-52-46(37-50)28-27-45-36-40(25-32-51(45)52)24-26-43-30-35-57-59-53(43)33-29-44-18-13-23-56(58(44)59)63(57)49-21-11-4-12-22-49/h1-39H/b26-24+. The molecule has 0 radical (unpaired) electrons. The second kappa shape index (κ2) is 15.0. The Labute approximate surface area is 365 Å². The second-order valence-electron chi connectivity index (χ2n) is 16.3. The summed E-state index contributed by atoms with van der Waals surface area (Å²) in [7, 11) is 0. The van der Waals surface area contributed by atoms with Crippen molar-refractivity contribution in [3.8, 4) is 27.9 Å². The van der Waals surface area contributed by atoms with Crippen molar-refractivity contribution in [2.24, 2.45) is 0 Å². The molecule has 0 amide bonds. The van der Waals surface area contributed by atoms with E-state index in [1.807, 2.05) is 78.9 Å². The van der Waals surface area contributed by atoms with E-state index in [2.05, 4.69) is 161 Å². The van der Waals surface area contributed by atoms with Gasteiger partial charge in [0.2, 0.25) is 0 Å². The van der Waals surface area contributed by atoms with Crippen molar-refractivity contribution in [1.29, 1.82) is 0 Å². The monoisotopic (exact) mass is 806 g/mol. The van der Waals surface area contributed by atoms with Crippen LogP contribution in [0.3, 0.4) is 0 Å². The SMILES string of the molecule is Fc1cc(-c2ccccc2)cc(-c2ccccc2)c1N(c1ccccc1)c1ccc2c(ccc3cc(/C=C/c4ccc5c6c4ccc4cccc(c46)n5-c4ccccc4)ccc32)c1. The summed E-state index contributed by atoms with van der Waals surface area (Å²) in [6.07, 6.45) is 4.48. The van der Waals surface area contributed by atoms with Gasteiger partial charge in [-0.15, -0.1) is 0 Å². The number of para-hydroxylation sites is 2. The van der Waals surface area contributed by atoms with Gasteiger partial charge in [0.1, 0.15) is 5.82 Å². The number of halogens is 1. The van der Waals surface area contributed by atoms with Gasteiger partial charge in [-0.3, -0.25) is 0 Å². The maximum atomic E-state index is 17.0. The average molecular weight is 807 g/mol. The third-order valence-corrected chi connectivity index (χ3v) is 12.6. The van der Waals surface area contributed by atoms with Gasteiger partial charge >= 0.3 is 0 Å². The highest BCUT2D eigenvalue weighted by molar-refractivity contribution is 6.25. The van der Waals surface area contributed by atoms with Crippen LogP contribution in [0.1, 0.15) is 11.1 Å². The molecular formula is C60H39FN2. The number of hydrogen-bond acceptors (Lipinski definition) is 1. The van der Waals surface area contributed by atoms with E-state index in [1.165, 1.54) is 54.6 Å². The highest BCUT2D eigenvalue weighted by Crippen LogP contribution is 2.46. The van der Waals surface area contributed by atoms with E-state index >= 15 is 4.39 Å². The number of anilines is 3. The van der Waals surface area contributed by atoms with Crippen LogP contribution in [0.4, 0.5) is 21.5 Å². The molecule has 2 nitrogen and oxygen atoms in total. The number of nitrogens with zero attached hydrogens (tertiary/aromatic N) is 2. The van der Waals surface area contributed by atoms with Gasteiger partial charge in [0.15, 0.2) is 0 Å². The molecule has 0 spiro atoms. The summed E-state index contributed by atoms with van der Waals surface area (Å²) in [6, 6.07) is 77.9. The molecule has 3 heteroatoms. The lowest BCUT2D eigenvalue weighted by Gasteiger charge is -2.29. The lowest BCUT2D eigenvalue weighted by atomic mass is 9.95. The molecule has 12 rings (SSSR count). The Morgan fingerprint density at radius 1 is 0.397 bits per heavy atom. The molecule has 0 aliphatic carbocycles. The predicted octanol–water partition coefficient (Wildman–Crippen LogP) is 16.8. The van der Waals surface area contributed by atoms with Crippen molar-refractivity contribution in [3.05, 3.63) is 241 Å². The number of benzene rings is 11. The minimum atomic E-state index is -0.290. The van der Waals surface area contributed by atoms with Crippen LogP contribution in [0.2, 0.25) is 0 Å². The van der Waals surface area contributed by atoms with E-state index < -0.39 is 0 Å². The van der Waals surface area contributed by atoms with E-state index in [4.69, 9.17) is 0 Å². The highest BCUT2D eigenvalue weighted by Gasteiger charge is 2.23. The first-order valence-corrected chi connectivity index (χ1v) is 21.4. The molecule has 0 saturated carbocycles. The molecule has 12 aromatic rings. The number of fused-ring (bicyclic) bond motifs is 3. The molecule has 0 aliphatic heterocycles. The summed E-state index contributed by atoms with van der Waals surface area (Å²) >= 11 is 0. The van der Waals surface area contributed by atoms with Crippen LogP contribution in [-0.4, -0.2) is 4.57 Å². The summed E-state index contributed by atoms with van der Waals surface area (Å²) in [5.41, 5.74) is 11.8. The quantitative estimate of drug-likeness (QED) is 0.110. The molecule has 0 atom stereocenters. The van der Waals surface area contributed by atoms with Gasteiger partial charge < -0.3 is 9.47 Å². The molecule has 1 heterocycles. The molecular weight excluding hydrogens is 768 g/mol. The first kappa shape index (κ1) is 36.6. The van der Waals surface area contributed by atoms with E-state index in [-0.39, 0.29) is 5.82 Å². The van der Waals surface area contributed by atoms with Crippen molar-refractivity contribution in [2.45, 2.75) is 0 Å². The lowest BCUT2D eigenvalue weighted by Crippen LogP contribution is -2.13. The third-order valence-electron chi connectivity index (χ3n) is 12.6. The van der Waals surface area contributed by atoms with Crippen molar-refractivity contribution in [1.82, 2.24) is 4.57 Å². The zero-order valence-electron chi connectivity index (χ0n) is 34.3. The van der Waals surface area contributed by atoms with Gasteiger partial charge in [-0.2, -0.15) is 0 Å². The van der Waals surface area contributed by atoms with E-state index in [9.17, 15) is 0 Å². The summed E-state index contributed by atoms with van der Waals surface area (Å²) in [5.74, 6) is -0.290. The molecule has 0 saturated heterocycles. The van der Waals surface area contributed by atoms with Gasteiger partial charge in [0.05, 0.1) is 16.7 Å². The number of aromatic nitrogens is 1. The van der Waals surface area contributed by atoms with Crippen molar-refractivity contribution >= 4 is 83.3 Å². The lowest BCUT2D eigenvalue weighted by molar-refractivity contribution is 0.630. The van der Waals surface area contributed by atoms with E-state index in [0.717, 1.165) is 50.0 Å². The normalized spacial score (nSPS) is 11.8. The fourth-order valence-electron chi connectivity index (χ4n) is 9.66. The smallest absolute Gasteiger partial charge is 0.148 e. The Morgan fingerprint density at radius 2 is 1.03 bits per heavy atom. The van der Waals surface area contributed by atoms with E-state index in [1.54, 1.807) is 6.07 Å². The van der Waals surface area contributed by atoms with Gasteiger partial charge in [0.25, 0.3) is 0 Å². The maximum absolute atomic E-state index is 17.0. The Balaban J connectivity index is 0.931. The first-order valence-electron chi connectivity index (χ1n) is 21.4. The zero-order chi connectivity index (χ0) is 41.9. The van der Waals surface area contributed by atoms with Crippen molar-refractivity contribution in [3.63, 3.8) is 0 Å². The van der Waals surface area contributed by atoms with Gasteiger partial charge in [-0.05, 0) is 127 Å². The average Bonchev–Trinajstić information content (AvgIpc) is 3.69. The summed E-state index contributed by atoms with van der Waals surface area (Å²) in [6.45, 7) is 0. The topological polar surface area (TPSA) is 8.17 Å². The molecule has 1 aromatic heterocycles. The zero-order valence-corrected chi connectivity index (χ0v) is 34.3. The second-order valence-corrected chi connectivity index (χ2v) is 16.3. The Hall–Kier alpha value is -8.27.